The molecule has 5 heteroatoms. The minimum absolute atomic E-state index is 0. The fourth-order valence-corrected chi connectivity index (χ4v) is 1.84. The second kappa shape index (κ2) is 6.22. The van der Waals surface area contributed by atoms with E-state index in [1.807, 2.05) is 6.92 Å². The van der Waals surface area contributed by atoms with Crippen LogP contribution in [0.2, 0.25) is 0 Å². The minimum atomic E-state index is -0.733. The van der Waals surface area contributed by atoms with E-state index in [4.69, 9.17) is 9.84 Å². The Labute approximate surface area is 90.4 Å². The third-order valence-corrected chi connectivity index (χ3v) is 2.49. The maximum absolute atomic E-state index is 10.7. The van der Waals surface area contributed by atoms with Crippen LogP contribution in [0.4, 0.5) is 0 Å². The van der Waals surface area contributed by atoms with Crippen LogP contribution in [0, 0.1) is 0 Å². The third-order valence-electron chi connectivity index (χ3n) is 2.49. The number of carbonyl (C=O) groups is 1. The van der Waals surface area contributed by atoms with Crippen molar-refractivity contribution in [3.05, 3.63) is 0 Å². The summed E-state index contributed by atoms with van der Waals surface area (Å²) in [6, 6.07) is 0. The van der Waals surface area contributed by atoms with Crippen molar-refractivity contribution in [2.24, 2.45) is 0 Å². The van der Waals surface area contributed by atoms with Gasteiger partial charge < -0.3 is 15.2 Å². The van der Waals surface area contributed by atoms with Crippen molar-refractivity contribution >= 4 is 18.4 Å². The van der Waals surface area contributed by atoms with E-state index >= 15 is 0 Å². The molecule has 0 unspecified atom stereocenters. The molecular formula is C9H18ClNO3. The highest BCUT2D eigenvalue weighted by atomic mass is 35.5. The fourth-order valence-electron chi connectivity index (χ4n) is 1.84. The van der Waals surface area contributed by atoms with Crippen molar-refractivity contribution in [1.82, 2.24) is 5.32 Å². The van der Waals surface area contributed by atoms with Gasteiger partial charge in [0.05, 0.1) is 6.42 Å². The van der Waals surface area contributed by atoms with Gasteiger partial charge in [-0.1, -0.05) is 6.92 Å². The average molecular weight is 224 g/mol. The molecular weight excluding hydrogens is 206 g/mol. The van der Waals surface area contributed by atoms with Crippen LogP contribution in [0.5, 0.6) is 0 Å². The Kier molecular flexibility index (Phi) is 6.08. The van der Waals surface area contributed by atoms with E-state index in [-0.39, 0.29) is 24.4 Å². The van der Waals surface area contributed by atoms with Gasteiger partial charge in [-0.25, -0.2) is 0 Å². The zero-order chi connectivity index (χ0) is 9.73. The molecule has 0 atom stereocenters. The number of ether oxygens (including phenoxy) is 1. The monoisotopic (exact) mass is 223 g/mol. The molecule has 1 fully saturated rings. The SMILES string of the molecule is CCNC1(CC(=O)O)CCOCC1.Cl. The molecule has 1 aliphatic heterocycles. The lowest BCUT2D eigenvalue weighted by Gasteiger charge is -2.36. The molecule has 0 aromatic carbocycles. The van der Waals surface area contributed by atoms with E-state index in [1.54, 1.807) is 0 Å². The molecule has 14 heavy (non-hydrogen) atoms. The van der Waals surface area contributed by atoms with Crippen molar-refractivity contribution in [3.8, 4) is 0 Å². The second-order valence-electron chi connectivity index (χ2n) is 3.49. The molecule has 1 heterocycles. The Bertz CT molecular complexity index is 175. The van der Waals surface area contributed by atoms with Gasteiger partial charge >= 0.3 is 5.97 Å². The summed E-state index contributed by atoms with van der Waals surface area (Å²) in [7, 11) is 0. The van der Waals surface area contributed by atoms with Crippen LogP contribution >= 0.6 is 12.4 Å². The molecule has 0 bridgehead atoms. The maximum atomic E-state index is 10.7. The molecule has 0 aromatic heterocycles. The Hall–Kier alpha value is -0.320. The number of carboxylic acids is 1. The number of aliphatic carboxylic acids is 1. The summed E-state index contributed by atoms with van der Waals surface area (Å²) in [5.74, 6) is -0.733. The van der Waals surface area contributed by atoms with Gasteiger partial charge in [-0.2, -0.15) is 0 Å². The number of hydrogen-bond acceptors (Lipinski definition) is 3. The second-order valence-corrected chi connectivity index (χ2v) is 3.49. The Morgan fingerprint density at radius 1 is 1.50 bits per heavy atom. The molecule has 0 amide bonds. The predicted molar refractivity (Wildman–Crippen MR) is 56.0 cm³/mol. The zero-order valence-corrected chi connectivity index (χ0v) is 9.23. The standard InChI is InChI=1S/C9H17NO3.ClH/c1-2-10-9(7-8(11)12)3-5-13-6-4-9;/h10H,2-7H2,1H3,(H,11,12);1H. The van der Waals surface area contributed by atoms with E-state index in [2.05, 4.69) is 5.32 Å². The highest BCUT2D eigenvalue weighted by molar-refractivity contribution is 5.85. The van der Waals surface area contributed by atoms with Crippen LogP contribution in [0.3, 0.4) is 0 Å². The van der Waals surface area contributed by atoms with Gasteiger partial charge in [0.1, 0.15) is 0 Å². The van der Waals surface area contributed by atoms with Gasteiger partial charge in [0.25, 0.3) is 0 Å². The van der Waals surface area contributed by atoms with Crippen molar-refractivity contribution in [2.45, 2.75) is 31.7 Å². The lowest BCUT2D eigenvalue weighted by molar-refractivity contribution is -0.139. The summed E-state index contributed by atoms with van der Waals surface area (Å²) in [6.07, 6.45) is 1.80. The average Bonchev–Trinajstić information content (AvgIpc) is 2.04. The van der Waals surface area contributed by atoms with Gasteiger partial charge in [-0.15, -0.1) is 12.4 Å². The molecule has 0 spiro atoms. The van der Waals surface area contributed by atoms with E-state index in [0.717, 1.165) is 19.4 Å². The number of nitrogens with one attached hydrogen (secondary N) is 1. The highest BCUT2D eigenvalue weighted by Crippen LogP contribution is 2.24. The molecule has 1 rings (SSSR count). The molecule has 2 N–H and O–H groups in total. The first-order valence-corrected chi connectivity index (χ1v) is 4.73. The molecule has 1 aliphatic rings. The molecule has 84 valence electrons. The molecule has 0 aliphatic carbocycles. The molecule has 0 radical (unpaired) electrons. The van der Waals surface area contributed by atoms with Gasteiger partial charge in [0, 0.05) is 18.8 Å². The minimum Gasteiger partial charge on any atom is -0.481 e. The maximum Gasteiger partial charge on any atom is 0.305 e. The van der Waals surface area contributed by atoms with Gasteiger partial charge in [0.2, 0.25) is 0 Å². The Balaban J connectivity index is 0.00000169. The van der Waals surface area contributed by atoms with E-state index in [0.29, 0.717) is 13.2 Å². The quantitative estimate of drug-likeness (QED) is 0.748. The number of rotatable bonds is 4. The van der Waals surface area contributed by atoms with E-state index in [9.17, 15) is 4.79 Å². The number of hydrogen-bond donors (Lipinski definition) is 2. The van der Waals surface area contributed by atoms with Gasteiger partial charge in [-0.3, -0.25) is 4.79 Å². The Morgan fingerprint density at radius 2 is 2.07 bits per heavy atom. The first-order valence-electron chi connectivity index (χ1n) is 4.73. The largest absolute Gasteiger partial charge is 0.481 e. The third kappa shape index (κ3) is 3.82. The van der Waals surface area contributed by atoms with Crippen LogP contribution in [0.1, 0.15) is 26.2 Å². The highest BCUT2D eigenvalue weighted by Gasteiger charge is 2.33. The summed E-state index contributed by atoms with van der Waals surface area (Å²) in [5.41, 5.74) is -0.223. The first kappa shape index (κ1) is 13.7. The topological polar surface area (TPSA) is 58.6 Å². The molecule has 0 saturated carbocycles. The van der Waals surface area contributed by atoms with Crippen molar-refractivity contribution in [1.29, 1.82) is 0 Å². The summed E-state index contributed by atoms with van der Waals surface area (Å²) in [5, 5.41) is 12.0. The van der Waals surface area contributed by atoms with Crippen LogP contribution < -0.4 is 5.32 Å². The van der Waals surface area contributed by atoms with Crippen molar-refractivity contribution in [3.63, 3.8) is 0 Å². The number of carboxylic acid groups (broad SMARTS) is 1. The van der Waals surface area contributed by atoms with E-state index < -0.39 is 5.97 Å². The lowest BCUT2D eigenvalue weighted by atomic mass is 9.86. The van der Waals surface area contributed by atoms with Crippen LogP contribution in [-0.4, -0.2) is 36.4 Å². The first-order chi connectivity index (χ1) is 6.18. The van der Waals surface area contributed by atoms with Gasteiger partial charge in [0.15, 0.2) is 0 Å². The normalized spacial score (nSPS) is 19.8. The lowest BCUT2D eigenvalue weighted by Crippen LogP contribution is -2.50. The van der Waals surface area contributed by atoms with Crippen LogP contribution in [-0.2, 0) is 9.53 Å². The van der Waals surface area contributed by atoms with E-state index in [1.165, 1.54) is 0 Å². The summed E-state index contributed by atoms with van der Waals surface area (Å²) in [4.78, 5) is 10.7. The fraction of sp³-hybridized carbons (Fsp3) is 0.889. The van der Waals surface area contributed by atoms with Crippen LogP contribution in [0.25, 0.3) is 0 Å². The van der Waals surface area contributed by atoms with Crippen molar-refractivity contribution in [2.75, 3.05) is 19.8 Å². The predicted octanol–water partition coefficient (Wildman–Crippen LogP) is 1.04. The molecule has 1 saturated heterocycles. The summed E-state index contributed by atoms with van der Waals surface area (Å²) in [6.45, 7) is 4.15. The van der Waals surface area contributed by atoms with Crippen LogP contribution in [0.15, 0.2) is 0 Å². The molecule has 0 aromatic rings. The Morgan fingerprint density at radius 3 is 2.50 bits per heavy atom. The number of halogens is 1. The van der Waals surface area contributed by atoms with Gasteiger partial charge in [-0.05, 0) is 19.4 Å². The zero-order valence-electron chi connectivity index (χ0n) is 8.41. The molecule has 4 nitrogen and oxygen atoms in total. The summed E-state index contributed by atoms with van der Waals surface area (Å²) < 4.78 is 5.22. The van der Waals surface area contributed by atoms with Crippen molar-refractivity contribution < 1.29 is 14.6 Å². The smallest absolute Gasteiger partial charge is 0.305 e. The summed E-state index contributed by atoms with van der Waals surface area (Å²) >= 11 is 0.